The Morgan fingerprint density at radius 2 is 0.839 bits per heavy atom. The van der Waals surface area contributed by atoms with Gasteiger partial charge in [0, 0.05) is 0 Å². The van der Waals surface area contributed by atoms with Crippen LogP contribution in [0.2, 0.25) is 0 Å². The summed E-state index contributed by atoms with van der Waals surface area (Å²) in [5.74, 6) is 1.57. The summed E-state index contributed by atoms with van der Waals surface area (Å²) in [6, 6.07) is 19.6. The van der Waals surface area contributed by atoms with Crippen LogP contribution in [0.4, 0.5) is 0 Å². The smallest absolute Gasteiger partial charge is 0.294 e. The Hall–Kier alpha value is -2.22. The molecule has 0 aromatic heterocycles. The van der Waals surface area contributed by atoms with E-state index >= 15 is 0 Å². The SMILES string of the molecule is O=C(/C=C/c1ccccc1)[C]1[CH][CH][CH][CH]1.O=C(/C=C/c1ccccc1)[C]1[CH][CH][CH][CH]1.[Fe+2]. The third-order valence-corrected chi connectivity index (χ3v) is 4.35. The Morgan fingerprint density at radius 3 is 1.16 bits per heavy atom. The first kappa shape index (κ1) is 25.0. The van der Waals surface area contributed by atoms with Crippen molar-refractivity contribution in [1.29, 1.82) is 0 Å². The molecule has 0 aliphatic heterocycles. The maximum atomic E-state index is 11.6. The van der Waals surface area contributed by atoms with E-state index in [1.54, 1.807) is 12.2 Å². The molecule has 0 bridgehead atoms. The van der Waals surface area contributed by atoms with Gasteiger partial charge < -0.3 is 0 Å². The van der Waals surface area contributed by atoms with Crippen molar-refractivity contribution in [3.05, 3.63) is 147 Å². The molecule has 0 atom stereocenters. The second kappa shape index (κ2) is 14.0. The zero-order chi connectivity index (χ0) is 21.0. The summed E-state index contributed by atoms with van der Waals surface area (Å²) in [7, 11) is 0. The molecule has 0 spiro atoms. The van der Waals surface area contributed by atoms with Crippen molar-refractivity contribution in [2.24, 2.45) is 0 Å². The molecule has 3 heteroatoms. The van der Waals surface area contributed by atoms with Crippen molar-refractivity contribution in [1.82, 2.24) is 0 Å². The van der Waals surface area contributed by atoms with E-state index in [-0.39, 0.29) is 28.6 Å². The molecule has 2 aromatic carbocycles. The topological polar surface area (TPSA) is 34.1 Å². The number of rotatable bonds is 6. The largest absolute Gasteiger partial charge is 2.00 e. The van der Waals surface area contributed by atoms with Crippen LogP contribution < -0.4 is 0 Å². The van der Waals surface area contributed by atoms with Crippen molar-refractivity contribution in [2.75, 3.05) is 0 Å². The number of ketones is 2. The van der Waals surface area contributed by atoms with Gasteiger partial charge in [-0.15, -0.1) is 0 Å². The quantitative estimate of drug-likeness (QED) is 0.443. The maximum Gasteiger partial charge on any atom is 2.00 e. The van der Waals surface area contributed by atoms with Gasteiger partial charge in [0.15, 0.2) is 11.6 Å². The third kappa shape index (κ3) is 8.81. The van der Waals surface area contributed by atoms with E-state index in [9.17, 15) is 9.59 Å². The van der Waals surface area contributed by atoms with E-state index in [0.29, 0.717) is 0 Å². The molecule has 0 saturated heterocycles. The van der Waals surface area contributed by atoms with Gasteiger partial charge in [-0.2, -0.15) is 0 Å². The van der Waals surface area contributed by atoms with Crippen molar-refractivity contribution < 1.29 is 26.7 Å². The predicted octanol–water partition coefficient (Wildman–Crippen LogP) is 5.35. The molecule has 0 heterocycles. The third-order valence-electron chi connectivity index (χ3n) is 4.35. The fourth-order valence-electron chi connectivity index (χ4n) is 2.74. The minimum absolute atomic E-state index is 0. The number of hydrogen-bond acceptors (Lipinski definition) is 2. The Bertz CT molecular complexity index is 770. The molecule has 0 amide bonds. The van der Waals surface area contributed by atoms with Crippen LogP contribution in [-0.2, 0) is 26.7 Å². The van der Waals surface area contributed by atoms with Gasteiger partial charge >= 0.3 is 17.1 Å². The van der Waals surface area contributed by atoms with Gasteiger partial charge in [-0.05, 0) is 74.6 Å². The standard InChI is InChI=1S/2C14H11O.Fe/c2*15-14(13-8-4-5-9-13)11-10-12-6-2-1-3-7-12;/h2*1-11H;/q;;+2/b2*11-10+;. The van der Waals surface area contributed by atoms with Crippen LogP contribution in [0.25, 0.3) is 12.2 Å². The Labute approximate surface area is 197 Å². The number of allylic oxidation sites excluding steroid dienone is 2. The molecule has 31 heavy (non-hydrogen) atoms. The molecule has 2 aliphatic rings. The van der Waals surface area contributed by atoms with E-state index in [4.69, 9.17) is 0 Å². The van der Waals surface area contributed by atoms with Gasteiger partial charge in [-0.3, -0.25) is 9.59 Å². The molecule has 2 fully saturated rings. The van der Waals surface area contributed by atoms with Gasteiger partial charge in [0.2, 0.25) is 0 Å². The van der Waals surface area contributed by atoms with E-state index in [1.807, 2.05) is 124 Å². The summed E-state index contributed by atoms with van der Waals surface area (Å²) < 4.78 is 0. The van der Waals surface area contributed by atoms with Crippen molar-refractivity contribution in [3.63, 3.8) is 0 Å². The molecule has 10 radical (unpaired) electrons. The Morgan fingerprint density at radius 1 is 0.516 bits per heavy atom. The molecule has 4 rings (SSSR count). The number of carbonyl (C=O) groups is 2. The normalized spacial score (nSPS) is 16.8. The number of carbonyl (C=O) groups excluding carboxylic acids is 2. The average molecular weight is 446 g/mol. The minimum atomic E-state index is 0. The zero-order valence-electron chi connectivity index (χ0n) is 16.9. The number of hydrogen-bond donors (Lipinski definition) is 0. The number of benzene rings is 2. The maximum absolute atomic E-state index is 11.6. The first-order chi connectivity index (χ1) is 14.7. The van der Waals surface area contributed by atoms with Crippen molar-refractivity contribution >= 4 is 23.7 Å². The first-order valence-electron chi connectivity index (χ1n) is 9.71. The summed E-state index contributed by atoms with van der Waals surface area (Å²) in [4.78, 5) is 23.2. The van der Waals surface area contributed by atoms with E-state index in [2.05, 4.69) is 0 Å². The van der Waals surface area contributed by atoms with Crippen molar-refractivity contribution in [3.8, 4) is 0 Å². The summed E-state index contributed by atoms with van der Waals surface area (Å²) in [5, 5.41) is 0. The molecule has 2 aromatic rings. The van der Waals surface area contributed by atoms with Crippen LogP contribution in [0.3, 0.4) is 0 Å². The molecular formula is C28H22FeO2+2. The van der Waals surface area contributed by atoms with Gasteiger partial charge in [0.05, 0.1) is 11.8 Å². The van der Waals surface area contributed by atoms with Crippen LogP contribution >= 0.6 is 0 Å². The van der Waals surface area contributed by atoms with Gasteiger partial charge in [0.25, 0.3) is 0 Å². The van der Waals surface area contributed by atoms with Crippen LogP contribution in [-0.4, -0.2) is 11.6 Å². The predicted molar refractivity (Wildman–Crippen MR) is 122 cm³/mol. The second-order valence-corrected chi connectivity index (χ2v) is 6.56. The molecule has 0 N–H and O–H groups in total. The monoisotopic (exact) mass is 446 g/mol. The van der Waals surface area contributed by atoms with Gasteiger partial charge in [0.1, 0.15) is 0 Å². The Balaban J connectivity index is 0.000000213. The first-order valence-corrected chi connectivity index (χ1v) is 9.71. The molecule has 2 aliphatic carbocycles. The average Bonchev–Trinajstić information content (AvgIpc) is 3.52. The summed E-state index contributed by atoms with van der Waals surface area (Å²) in [6.45, 7) is 0. The van der Waals surface area contributed by atoms with Crippen LogP contribution in [0.15, 0.2) is 72.8 Å². The van der Waals surface area contributed by atoms with E-state index in [1.165, 1.54) is 0 Å². The van der Waals surface area contributed by atoms with Gasteiger partial charge in [-0.25, -0.2) is 0 Å². The molecular weight excluding hydrogens is 424 g/mol. The summed E-state index contributed by atoms with van der Waals surface area (Å²) >= 11 is 0. The molecule has 2 saturated carbocycles. The van der Waals surface area contributed by atoms with Gasteiger partial charge in [-0.1, -0.05) is 72.8 Å². The second-order valence-electron chi connectivity index (χ2n) is 6.56. The zero-order valence-corrected chi connectivity index (χ0v) is 18.0. The van der Waals surface area contributed by atoms with E-state index < -0.39 is 0 Å². The fourth-order valence-corrected chi connectivity index (χ4v) is 2.74. The summed E-state index contributed by atoms with van der Waals surface area (Å²) in [5.41, 5.74) is 2.08. The Kier molecular flexibility index (Phi) is 11.3. The summed E-state index contributed by atoms with van der Waals surface area (Å²) in [6.07, 6.45) is 21.6. The molecule has 152 valence electrons. The van der Waals surface area contributed by atoms with Crippen LogP contribution in [0, 0.1) is 63.2 Å². The van der Waals surface area contributed by atoms with Crippen LogP contribution in [0.1, 0.15) is 11.1 Å². The molecule has 2 nitrogen and oxygen atoms in total. The van der Waals surface area contributed by atoms with E-state index in [0.717, 1.165) is 23.0 Å². The molecule has 0 unspecified atom stereocenters. The van der Waals surface area contributed by atoms with Crippen molar-refractivity contribution in [2.45, 2.75) is 0 Å². The fraction of sp³-hybridized carbons (Fsp3) is 0. The van der Waals surface area contributed by atoms with Crippen LogP contribution in [0.5, 0.6) is 0 Å². The minimum Gasteiger partial charge on any atom is -0.294 e.